The Morgan fingerprint density at radius 1 is 1.32 bits per heavy atom. The van der Waals surface area contributed by atoms with Crippen molar-refractivity contribution in [2.45, 2.75) is 25.9 Å². The molecule has 0 radical (unpaired) electrons. The molecule has 0 amide bonds. The summed E-state index contributed by atoms with van der Waals surface area (Å²) < 4.78 is 1.01. The van der Waals surface area contributed by atoms with Gasteiger partial charge in [-0.15, -0.1) is 11.3 Å². The Balaban J connectivity index is 1.89. The van der Waals surface area contributed by atoms with Crippen LogP contribution >= 0.6 is 22.9 Å². The second-order valence-electron chi connectivity index (χ2n) is 5.16. The van der Waals surface area contributed by atoms with Gasteiger partial charge in [0.05, 0.1) is 10.2 Å². The van der Waals surface area contributed by atoms with E-state index in [1.807, 2.05) is 25.1 Å². The van der Waals surface area contributed by atoms with E-state index in [9.17, 15) is 0 Å². The quantitative estimate of drug-likeness (QED) is 0.701. The molecular formula is C15H16ClN5S. The third-order valence-electron chi connectivity index (χ3n) is 3.13. The highest BCUT2D eigenvalue weighted by Gasteiger charge is 2.12. The van der Waals surface area contributed by atoms with Gasteiger partial charge in [-0.05, 0) is 48.7 Å². The molecule has 0 saturated carbocycles. The molecule has 0 aliphatic rings. The number of hydrogen-bond donors (Lipinski definition) is 2. The molecule has 0 fully saturated rings. The van der Waals surface area contributed by atoms with Crippen LogP contribution in [0.15, 0.2) is 30.6 Å². The first kappa shape index (κ1) is 15.1. The Morgan fingerprint density at radius 3 is 2.82 bits per heavy atom. The highest BCUT2D eigenvalue weighted by atomic mass is 35.5. The summed E-state index contributed by atoms with van der Waals surface area (Å²) in [6, 6.07) is 6.07. The Kier molecular flexibility index (Phi) is 4.52. The molecule has 5 nitrogen and oxygen atoms in total. The molecule has 3 N–H and O–H groups in total. The normalized spacial score (nSPS) is 12.5. The van der Waals surface area contributed by atoms with Crippen LogP contribution in [0.4, 0.5) is 5.82 Å². The number of thiophene rings is 1. The predicted molar refractivity (Wildman–Crippen MR) is 91.3 cm³/mol. The van der Waals surface area contributed by atoms with E-state index in [1.54, 1.807) is 23.7 Å². The van der Waals surface area contributed by atoms with E-state index >= 15 is 0 Å². The lowest BCUT2D eigenvalue weighted by Gasteiger charge is -2.06. The Morgan fingerprint density at radius 2 is 2.09 bits per heavy atom. The first-order valence-corrected chi connectivity index (χ1v) is 8.15. The van der Waals surface area contributed by atoms with Crippen LogP contribution in [0.3, 0.4) is 0 Å². The van der Waals surface area contributed by atoms with Crippen molar-refractivity contribution >= 4 is 39.0 Å². The number of nitrogens with one attached hydrogen (secondary N) is 1. The van der Waals surface area contributed by atoms with Gasteiger partial charge in [-0.25, -0.2) is 4.98 Å². The Labute approximate surface area is 137 Å². The molecule has 3 aromatic heterocycles. The van der Waals surface area contributed by atoms with E-state index in [0.717, 1.165) is 28.0 Å². The van der Waals surface area contributed by atoms with Gasteiger partial charge in [0.1, 0.15) is 5.82 Å². The fourth-order valence-corrected chi connectivity index (χ4v) is 3.55. The maximum Gasteiger partial charge on any atom is 0.224 e. The molecular weight excluding hydrogens is 318 g/mol. The first-order valence-electron chi connectivity index (χ1n) is 6.96. The molecule has 114 valence electrons. The first-order chi connectivity index (χ1) is 10.6. The minimum Gasteiger partial charge on any atom is -0.365 e. The highest BCUT2D eigenvalue weighted by molar-refractivity contribution is 7.19. The van der Waals surface area contributed by atoms with Gasteiger partial charge >= 0.3 is 0 Å². The fraction of sp³-hybridized carbons (Fsp3) is 0.267. The van der Waals surface area contributed by atoms with Crippen molar-refractivity contribution in [2.75, 3.05) is 5.32 Å². The molecule has 1 atom stereocenters. The zero-order valence-electron chi connectivity index (χ0n) is 12.1. The smallest absolute Gasteiger partial charge is 0.224 e. The number of rotatable bonds is 5. The minimum atomic E-state index is 0.115. The van der Waals surface area contributed by atoms with Gasteiger partial charge in [0.15, 0.2) is 0 Å². The average molecular weight is 334 g/mol. The summed E-state index contributed by atoms with van der Waals surface area (Å²) in [5.41, 5.74) is 7.86. The van der Waals surface area contributed by atoms with Crippen LogP contribution in [0.1, 0.15) is 17.4 Å². The van der Waals surface area contributed by atoms with Crippen molar-refractivity contribution in [3.8, 4) is 0 Å². The van der Waals surface area contributed by atoms with Gasteiger partial charge in [-0.3, -0.25) is 4.98 Å². The number of aromatic nitrogens is 3. The molecule has 0 unspecified atom stereocenters. The fourth-order valence-electron chi connectivity index (χ4n) is 2.18. The zero-order chi connectivity index (χ0) is 15.5. The summed E-state index contributed by atoms with van der Waals surface area (Å²) in [4.78, 5) is 13.8. The van der Waals surface area contributed by atoms with Crippen LogP contribution in [0.25, 0.3) is 10.2 Å². The largest absolute Gasteiger partial charge is 0.365 e. The summed E-state index contributed by atoms with van der Waals surface area (Å²) in [7, 11) is 0. The van der Waals surface area contributed by atoms with Gasteiger partial charge in [0.25, 0.3) is 0 Å². The molecule has 7 heteroatoms. The molecule has 0 spiro atoms. The molecule has 0 bridgehead atoms. The predicted octanol–water partition coefficient (Wildman–Crippen LogP) is 3.24. The van der Waals surface area contributed by atoms with Crippen LogP contribution < -0.4 is 11.1 Å². The summed E-state index contributed by atoms with van der Waals surface area (Å²) in [5, 5.41) is 3.57. The Bertz CT molecular complexity index is 772. The third kappa shape index (κ3) is 3.52. The number of halogens is 1. The van der Waals surface area contributed by atoms with Gasteiger partial charge in [-0.1, -0.05) is 0 Å². The van der Waals surface area contributed by atoms with Gasteiger partial charge in [0.2, 0.25) is 5.28 Å². The topological polar surface area (TPSA) is 76.7 Å². The SMILES string of the molecule is C[C@H](N)Cc1cc2nc(Cl)nc(NCc3ccncc3)c2s1. The van der Waals surface area contributed by atoms with Crippen molar-refractivity contribution in [3.63, 3.8) is 0 Å². The number of pyridine rings is 1. The summed E-state index contributed by atoms with van der Waals surface area (Å²) >= 11 is 7.69. The van der Waals surface area contributed by atoms with Crippen molar-refractivity contribution in [3.05, 3.63) is 46.3 Å². The summed E-state index contributed by atoms with van der Waals surface area (Å²) in [6.07, 6.45) is 4.36. The molecule has 0 aliphatic carbocycles. The second-order valence-corrected chi connectivity index (χ2v) is 6.63. The van der Waals surface area contributed by atoms with Gasteiger partial charge in [0, 0.05) is 29.9 Å². The zero-order valence-corrected chi connectivity index (χ0v) is 13.7. The van der Waals surface area contributed by atoms with Crippen molar-refractivity contribution in [1.82, 2.24) is 15.0 Å². The maximum absolute atomic E-state index is 6.03. The molecule has 22 heavy (non-hydrogen) atoms. The van der Waals surface area contributed by atoms with Crippen molar-refractivity contribution in [1.29, 1.82) is 0 Å². The summed E-state index contributed by atoms with van der Waals surface area (Å²) in [6.45, 7) is 2.65. The molecule has 0 saturated heterocycles. The molecule has 0 aliphatic heterocycles. The lowest BCUT2D eigenvalue weighted by Crippen LogP contribution is -2.16. The lowest BCUT2D eigenvalue weighted by atomic mass is 10.2. The monoisotopic (exact) mass is 333 g/mol. The van der Waals surface area contributed by atoms with Crippen LogP contribution in [-0.2, 0) is 13.0 Å². The van der Waals surface area contributed by atoms with Gasteiger partial charge in [-0.2, -0.15) is 4.98 Å². The number of fused-ring (bicyclic) bond motifs is 1. The van der Waals surface area contributed by atoms with Crippen LogP contribution in [0.5, 0.6) is 0 Å². The number of hydrogen-bond acceptors (Lipinski definition) is 6. The van der Waals surface area contributed by atoms with Crippen molar-refractivity contribution < 1.29 is 0 Å². The van der Waals surface area contributed by atoms with E-state index in [-0.39, 0.29) is 11.3 Å². The van der Waals surface area contributed by atoms with E-state index in [4.69, 9.17) is 17.3 Å². The van der Waals surface area contributed by atoms with E-state index in [0.29, 0.717) is 6.54 Å². The average Bonchev–Trinajstić information content (AvgIpc) is 2.87. The number of nitrogens with zero attached hydrogens (tertiary/aromatic N) is 3. The number of nitrogens with two attached hydrogens (primary N) is 1. The van der Waals surface area contributed by atoms with E-state index in [1.165, 1.54) is 4.88 Å². The lowest BCUT2D eigenvalue weighted by molar-refractivity contribution is 0.747. The van der Waals surface area contributed by atoms with Crippen LogP contribution in [-0.4, -0.2) is 21.0 Å². The van der Waals surface area contributed by atoms with E-state index < -0.39 is 0 Å². The van der Waals surface area contributed by atoms with Gasteiger partial charge < -0.3 is 11.1 Å². The summed E-state index contributed by atoms with van der Waals surface area (Å²) in [5.74, 6) is 0.757. The highest BCUT2D eigenvalue weighted by Crippen LogP contribution is 2.31. The minimum absolute atomic E-state index is 0.115. The standard InChI is InChI=1S/C15H16ClN5S/c1-9(17)6-11-7-12-13(22-11)14(21-15(16)20-12)19-8-10-2-4-18-5-3-10/h2-5,7,9H,6,8,17H2,1H3,(H,19,20,21)/t9-/m0/s1. The second kappa shape index (κ2) is 6.56. The van der Waals surface area contributed by atoms with Crippen LogP contribution in [0, 0.1) is 0 Å². The maximum atomic E-state index is 6.03. The molecule has 3 rings (SSSR count). The van der Waals surface area contributed by atoms with Crippen LogP contribution in [0.2, 0.25) is 5.28 Å². The van der Waals surface area contributed by atoms with Crippen molar-refractivity contribution in [2.24, 2.45) is 5.73 Å². The number of anilines is 1. The Hall–Kier alpha value is -1.76. The molecule has 0 aromatic carbocycles. The molecule has 3 heterocycles. The van der Waals surface area contributed by atoms with E-state index in [2.05, 4.69) is 20.3 Å². The third-order valence-corrected chi connectivity index (χ3v) is 4.45. The molecule has 3 aromatic rings.